The average molecular weight is 448 g/mol. The van der Waals surface area contributed by atoms with Gasteiger partial charge in [0.05, 0.1) is 0 Å². The number of hydrogen-bond donors (Lipinski definition) is 1. The average Bonchev–Trinajstić information content (AvgIpc) is 3.27. The van der Waals surface area contributed by atoms with Gasteiger partial charge in [0.25, 0.3) is 0 Å². The molecule has 0 amide bonds. The SMILES string of the molecule is CN=C(NCC(C)c1cccs1)N1CCC(N2CCCC2)C1.I. The molecule has 1 N–H and O–H groups in total. The summed E-state index contributed by atoms with van der Waals surface area (Å²) < 4.78 is 0. The Hall–Kier alpha value is -0.340. The van der Waals surface area contributed by atoms with Crippen molar-refractivity contribution in [3.8, 4) is 0 Å². The molecule has 2 fully saturated rings. The van der Waals surface area contributed by atoms with Crippen LogP contribution in [-0.4, -0.2) is 61.6 Å². The standard InChI is InChI=1S/C17H28N4S.HI/c1-14(16-6-5-11-22-16)12-19-17(18-2)21-10-7-15(13-21)20-8-3-4-9-20;/h5-6,11,14-15H,3-4,7-10,12-13H2,1-2H3,(H,18,19);1H. The predicted molar refractivity (Wildman–Crippen MR) is 110 cm³/mol. The fraction of sp³-hybridized carbons (Fsp3) is 0.706. The molecule has 0 bridgehead atoms. The number of nitrogens with zero attached hydrogens (tertiary/aromatic N) is 3. The van der Waals surface area contributed by atoms with Gasteiger partial charge in [0.15, 0.2) is 5.96 Å². The van der Waals surface area contributed by atoms with Gasteiger partial charge in [-0.25, -0.2) is 0 Å². The number of rotatable bonds is 4. The molecule has 3 rings (SSSR count). The number of halogens is 1. The summed E-state index contributed by atoms with van der Waals surface area (Å²) in [4.78, 5) is 11.0. The van der Waals surface area contributed by atoms with Crippen molar-refractivity contribution in [3.63, 3.8) is 0 Å². The number of guanidine groups is 1. The second kappa shape index (κ2) is 9.22. The molecule has 2 atom stereocenters. The van der Waals surface area contributed by atoms with Crippen LogP contribution in [0.15, 0.2) is 22.5 Å². The highest BCUT2D eigenvalue weighted by atomic mass is 127. The van der Waals surface area contributed by atoms with Crippen LogP contribution in [0, 0.1) is 0 Å². The van der Waals surface area contributed by atoms with E-state index in [0.717, 1.165) is 31.6 Å². The largest absolute Gasteiger partial charge is 0.356 e. The first-order valence-corrected chi connectivity index (χ1v) is 9.39. The summed E-state index contributed by atoms with van der Waals surface area (Å²) in [6.45, 7) is 8.09. The van der Waals surface area contributed by atoms with E-state index in [4.69, 9.17) is 0 Å². The molecule has 0 spiro atoms. The molecule has 0 aromatic carbocycles. The number of likely N-dealkylation sites (tertiary alicyclic amines) is 2. The maximum atomic E-state index is 4.50. The molecule has 2 unspecified atom stereocenters. The Kier molecular flexibility index (Phi) is 7.62. The molecule has 0 radical (unpaired) electrons. The van der Waals surface area contributed by atoms with Crippen molar-refractivity contribution >= 4 is 41.3 Å². The molecule has 2 aliphatic rings. The molecule has 1 aromatic heterocycles. The van der Waals surface area contributed by atoms with E-state index in [-0.39, 0.29) is 24.0 Å². The summed E-state index contributed by atoms with van der Waals surface area (Å²) in [7, 11) is 1.90. The number of thiophene rings is 1. The summed E-state index contributed by atoms with van der Waals surface area (Å²) in [5.74, 6) is 1.61. The summed E-state index contributed by atoms with van der Waals surface area (Å²) in [6.07, 6.45) is 4.03. The molecule has 2 aliphatic heterocycles. The summed E-state index contributed by atoms with van der Waals surface area (Å²) >= 11 is 1.84. The molecular weight excluding hydrogens is 419 g/mol. The fourth-order valence-electron chi connectivity index (χ4n) is 3.59. The van der Waals surface area contributed by atoms with Crippen LogP contribution in [-0.2, 0) is 0 Å². The number of hydrogen-bond acceptors (Lipinski definition) is 3. The van der Waals surface area contributed by atoms with Crippen molar-refractivity contribution in [3.05, 3.63) is 22.4 Å². The lowest BCUT2D eigenvalue weighted by atomic mass is 10.1. The van der Waals surface area contributed by atoms with Crippen LogP contribution < -0.4 is 5.32 Å². The number of nitrogens with one attached hydrogen (secondary N) is 1. The third-order valence-corrected chi connectivity index (χ3v) is 6.03. The van der Waals surface area contributed by atoms with Gasteiger partial charge in [-0.05, 0) is 43.8 Å². The van der Waals surface area contributed by atoms with E-state index >= 15 is 0 Å². The molecule has 0 saturated carbocycles. The van der Waals surface area contributed by atoms with E-state index in [0.29, 0.717) is 5.92 Å². The van der Waals surface area contributed by atoms with Crippen LogP contribution in [0.1, 0.15) is 37.0 Å². The van der Waals surface area contributed by atoms with Crippen LogP contribution in [0.5, 0.6) is 0 Å². The van der Waals surface area contributed by atoms with Crippen molar-refractivity contribution in [1.29, 1.82) is 0 Å². The molecule has 0 aliphatic carbocycles. The highest BCUT2D eigenvalue weighted by molar-refractivity contribution is 14.0. The quantitative estimate of drug-likeness (QED) is 0.436. The van der Waals surface area contributed by atoms with Crippen LogP contribution in [0.2, 0.25) is 0 Å². The van der Waals surface area contributed by atoms with Crippen LogP contribution in [0.25, 0.3) is 0 Å². The van der Waals surface area contributed by atoms with Gasteiger partial charge in [-0.3, -0.25) is 9.89 Å². The van der Waals surface area contributed by atoms with E-state index in [1.807, 2.05) is 18.4 Å². The lowest BCUT2D eigenvalue weighted by molar-refractivity contribution is 0.249. The van der Waals surface area contributed by atoms with Crippen LogP contribution in [0.3, 0.4) is 0 Å². The monoisotopic (exact) mass is 448 g/mol. The third kappa shape index (κ3) is 4.82. The van der Waals surface area contributed by atoms with Gasteiger partial charge >= 0.3 is 0 Å². The van der Waals surface area contributed by atoms with E-state index in [9.17, 15) is 0 Å². The highest BCUT2D eigenvalue weighted by Gasteiger charge is 2.30. The van der Waals surface area contributed by atoms with Gasteiger partial charge in [0, 0.05) is 43.5 Å². The number of aliphatic imine (C=N–C) groups is 1. The Morgan fingerprint density at radius 2 is 2.17 bits per heavy atom. The van der Waals surface area contributed by atoms with Crippen LogP contribution >= 0.6 is 35.3 Å². The Morgan fingerprint density at radius 1 is 1.39 bits per heavy atom. The van der Waals surface area contributed by atoms with E-state index in [1.165, 1.54) is 37.2 Å². The van der Waals surface area contributed by atoms with Gasteiger partial charge in [-0.1, -0.05) is 13.0 Å². The summed E-state index contributed by atoms with van der Waals surface area (Å²) in [6, 6.07) is 5.08. The van der Waals surface area contributed by atoms with E-state index in [1.54, 1.807) is 0 Å². The first-order valence-electron chi connectivity index (χ1n) is 8.51. The summed E-state index contributed by atoms with van der Waals surface area (Å²) in [5, 5.41) is 5.73. The zero-order valence-corrected chi connectivity index (χ0v) is 17.3. The van der Waals surface area contributed by atoms with Crippen molar-refractivity contribution in [2.75, 3.05) is 39.8 Å². The Morgan fingerprint density at radius 3 is 2.83 bits per heavy atom. The fourth-order valence-corrected chi connectivity index (χ4v) is 4.37. The van der Waals surface area contributed by atoms with Gasteiger partial charge < -0.3 is 10.2 Å². The maximum absolute atomic E-state index is 4.50. The first kappa shape index (κ1) is 19.0. The van der Waals surface area contributed by atoms with E-state index < -0.39 is 0 Å². The topological polar surface area (TPSA) is 30.9 Å². The van der Waals surface area contributed by atoms with Crippen molar-refractivity contribution < 1.29 is 0 Å². The smallest absolute Gasteiger partial charge is 0.193 e. The maximum Gasteiger partial charge on any atom is 0.193 e. The van der Waals surface area contributed by atoms with Gasteiger partial charge in [0.1, 0.15) is 0 Å². The molecule has 130 valence electrons. The molecule has 6 heteroatoms. The lowest BCUT2D eigenvalue weighted by Gasteiger charge is -2.26. The molecule has 4 nitrogen and oxygen atoms in total. The van der Waals surface area contributed by atoms with E-state index in [2.05, 4.69) is 44.5 Å². The van der Waals surface area contributed by atoms with Crippen molar-refractivity contribution in [2.24, 2.45) is 4.99 Å². The molecule has 3 heterocycles. The highest BCUT2D eigenvalue weighted by Crippen LogP contribution is 2.22. The molecule has 1 aromatic rings. The minimum atomic E-state index is 0. The Bertz CT molecular complexity index is 485. The predicted octanol–water partition coefficient (Wildman–Crippen LogP) is 3.22. The molecule has 2 saturated heterocycles. The minimum absolute atomic E-state index is 0. The Labute approximate surface area is 161 Å². The second-order valence-corrected chi connectivity index (χ2v) is 7.46. The minimum Gasteiger partial charge on any atom is -0.356 e. The van der Waals surface area contributed by atoms with Gasteiger partial charge in [0.2, 0.25) is 0 Å². The summed E-state index contributed by atoms with van der Waals surface area (Å²) in [5.41, 5.74) is 0. The normalized spacial score (nSPS) is 23.8. The van der Waals surface area contributed by atoms with Crippen LogP contribution in [0.4, 0.5) is 0 Å². The van der Waals surface area contributed by atoms with Gasteiger partial charge in [-0.2, -0.15) is 0 Å². The second-order valence-electron chi connectivity index (χ2n) is 6.48. The van der Waals surface area contributed by atoms with Crippen molar-refractivity contribution in [1.82, 2.24) is 15.1 Å². The molecular formula is C17H29IN4S. The van der Waals surface area contributed by atoms with Crippen molar-refractivity contribution in [2.45, 2.75) is 38.1 Å². The lowest BCUT2D eigenvalue weighted by Crippen LogP contribution is -2.43. The Balaban J connectivity index is 0.00000192. The molecule has 23 heavy (non-hydrogen) atoms. The third-order valence-electron chi connectivity index (χ3n) is 4.93. The van der Waals surface area contributed by atoms with Gasteiger partial charge in [-0.15, -0.1) is 35.3 Å². The first-order chi connectivity index (χ1) is 10.8. The zero-order chi connectivity index (χ0) is 15.4. The zero-order valence-electron chi connectivity index (χ0n) is 14.2.